The first-order valence-electron chi connectivity index (χ1n) is 25.2. The number of aliphatic hydroxyl groups is 1. The van der Waals surface area contributed by atoms with Gasteiger partial charge in [-0.3, -0.25) is 13.8 Å². The summed E-state index contributed by atoms with van der Waals surface area (Å²) in [6, 6.07) is -0.848. The first-order chi connectivity index (χ1) is 28.5. The number of nitrogens with zero attached hydrogens (tertiary/aromatic N) is 1. The number of phosphoric acid groups is 1. The molecular weight excluding hydrogens is 756 g/mol. The number of aliphatic hydroxyl groups excluding tert-OH is 1. The zero-order valence-corrected chi connectivity index (χ0v) is 40.7. The van der Waals surface area contributed by atoms with Gasteiger partial charge in [-0.1, -0.05) is 212 Å². The highest BCUT2D eigenvalue weighted by Crippen LogP contribution is 2.43. The van der Waals surface area contributed by atoms with E-state index < -0.39 is 20.0 Å². The normalized spacial score (nSPS) is 14.4. The summed E-state index contributed by atoms with van der Waals surface area (Å²) in [6.07, 6.45) is 51.1. The predicted octanol–water partition coefficient (Wildman–Crippen LogP) is 14.5. The van der Waals surface area contributed by atoms with E-state index in [1.54, 1.807) is 6.08 Å². The fourth-order valence-corrected chi connectivity index (χ4v) is 8.13. The molecule has 0 rings (SSSR count). The maximum Gasteiger partial charge on any atom is 0.472 e. The average molecular weight is 856 g/mol. The van der Waals surface area contributed by atoms with Gasteiger partial charge < -0.3 is 19.8 Å². The van der Waals surface area contributed by atoms with E-state index in [0.29, 0.717) is 17.4 Å². The van der Waals surface area contributed by atoms with Crippen LogP contribution in [0.2, 0.25) is 0 Å². The summed E-state index contributed by atoms with van der Waals surface area (Å²) >= 11 is 0. The minimum Gasteiger partial charge on any atom is -0.387 e. The van der Waals surface area contributed by atoms with Crippen molar-refractivity contribution in [1.29, 1.82) is 0 Å². The Hall–Kier alpha value is -1.02. The molecule has 0 radical (unpaired) electrons. The molecule has 3 N–H and O–H groups in total. The highest BCUT2D eigenvalue weighted by molar-refractivity contribution is 7.47. The predicted molar refractivity (Wildman–Crippen MR) is 254 cm³/mol. The molecule has 0 spiro atoms. The van der Waals surface area contributed by atoms with E-state index in [0.717, 1.165) is 51.4 Å². The lowest BCUT2D eigenvalue weighted by Crippen LogP contribution is -2.45. The number of rotatable bonds is 46. The number of amides is 1. The Morgan fingerprint density at radius 1 is 0.559 bits per heavy atom. The van der Waals surface area contributed by atoms with Crippen LogP contribution in [0.5, 0.6) is 0 Å². The topological polar surface area (TPSA) is 105 Å². The zero-order valence-electron chi connectivity index (χ0n) is 39.8. The number of hydrogen-bond acceptors (Lipinski definition) is 5. The Morgan fingerprint density at radius 2 is 0.915 bits per heavy atom. The monoisotopic (exact) mass is 856 g/mol. The van der Waals surface area contributed by atoms with Crippen molar-refractivity contribution in [3.63, 3.8) is 0 Å². The molecule has 3 atom stereocenters. The van der Waals surface area contributed by atoms with E-state index in [2.05, 4.69) is 31.3 Å². The van der Waals surface area contributed by atoms with Gasteiger partial charge in [-0.2, -0.15) is 0 Å². The largest absolute Gasteiger partial charge is 0.472 e. The van der Waals surface area contributed by atoms with Gasteiger partial charge in [-0.15, -0.1) is 0 Å². The van der Waals surface area contributed by atoms with Crippen LogP contribution in [0, 0.1) is 0 Å². The molecule has 0 aromatic rings. The molecule has 0 aliphatic rings. The van der Waals surface area contributed by atoms with Crippen molar-refractivity contribution in [2.24, 2.45) is 0 Å². The van der Waals surface area contributed by atoms with Crippen LogP contribution in [0.1, 0.15) is 239 Å². The minimum absolute atomic E-state index is 0.0612. The lowest BCUT2D eigenvalue weighted by atomic mass is 10.0. The molecule has 0 saturated carbocycles. The Labute approximate surface area is 366 Å². The van der Waals surface area contributed by atoms with Gasteiger partial charge in [0.2, 0.25) is 5.91 Å². The summed E-state index contributed by atoms with van der Waals surface area (Å²) < 4.78 is 23.6. The van der Waals surface area contributed by atoms with Crippen molar-refractivity contribution in [2.75, 3.05) is 40.9 Å². The summed E-state index contributed by atoms with van der Waals surface area (Å²) in [5, 5.41) is 13.9. The third kappa shape index (κ3) is 44.8. The molecule has 3 unspecified atom stereocenters. The summed E-state index contributed by atoms with van der Waals surface area (Å²) in [5.74, 6) is -0.184. The lowest BCUT2D eigenvalue weighted by molar-refractivity contribution is -0.870. The van der Waals surface area contributed by atoms with Gasteiger partial charge in [0.25, 0.3) is 0 Å². The maximum absolute atomic E-state index is 12.9. The molecule has 0 heterocycles. The Morgan fingerprint density at radius 3 is 1.31 bits per heavy atom. The fraction of sp³-hybridized carbons (Fsp3) is 0.900. The number of nitrogens with one attached hydrogen (secondary N) is 1. The second kappa shape index (κ2) is 42.3. The second-order valence-corrected chi connectivity index (χ2v) is 20.0. The number of carbonyl (C=O) groups is 1. The summed E-state index contributed by atoms with van der Waals surface area (Å²) in [7, 11) is 1.57. The van der Waals surface area contributed by atoms with Gasteiger partial charge in [0, 0.05) is 6.42 Å². The van der Waals surface area contributed by atoms with E-state index in [4.69, 9.17) is 9.05 Å². The van der Waals surface area contributed by atoms with Crippen LogP contribution in [-0.4, -0.2) is 73.4 Å². The fourth-order valence-electron chi connectivity index (χ4n) is 7.39. The summed E-state index contributed by atoms with van der Waals surface area (Å²) in [4.78, 5) is 23.2. The standard InChI is InChI=1S/C50H99N2O6P/c1-6-8-10-12-14-16-18-20-22-23-24-25-26-27-28-30-31-33-35-37-39-41-43-49(53)48(47-58-59(55,56)57-46-45-52(3,4)5)51-50(54)44-42-40-38-36-34-32-29-21-19-17-15-13-11-9-7-2/h21,29,41,43,48-49,53H,6-20,22-28,30-40,42,44-47H2,1-5H3,(H-,51,54,55,56)/p+1/b29-21-,43-41+. The molecule has 59 heavy (non-hydrogen) atoms. The van der Waals surface area contributed by atoms with Crippen molar-refractivity contribution in [3.05, 3.63) is 24.3 Å². The lowest BCUT2D eigenvalue weighted by Gasteiger charge is -2.25. The van der Waals surface area contributed by atoms with Crippen LogP contribution in [-0.2, 0) is 18.4 Å². The van der Waals surface area contributed by atoms with Crippen LogP contribution >= 0.6 is 7.82 Å². The number of hydrogen-bond donors (Lipinski definition) is 3. The molecule has 0 saturated heterocycles. The highest BCUT2D eigenvalue weighted by Gasteiger charge is 2.27. The molecule has 0 aliphatic heterocycles. The number of unbranched alkanes of at least 4 members (excludes halogenated alkanes) is 31. The third-order valence-corrected chi connectivity index (χ3v) is 12.4. The quantitative estimate of drug-likeness (QED) is 0.0244. The molecule has 0 bridgehead atoms. The van der Waals surface area contributed by atoms with E-state index in [1.807, 2.05) is 27.2 Å². The first-order valence-corrected chi connectivity index (χ1v) is 26.7. The van der Waals surface area contributed by atoms with Crippen molar-refractivity contribution < 1.29 is 32.9 Å². The second-order valence-electron chi connectivity index (χ2n) is 18.5. The molecular formula is C50H100N2O6P+. The van der Waals surface area contributed by atoms with Crippen LogP contribution in [0.4, 0.5) is 0 Å². The maximum atomic E-state index is 12.9. The van der Waals surface area contributed by atoms with Crippen molar-refractivity contribution in [1.82, 2.24) is 5.32 Å². The molecule has 0 aliphatic carbocycles. The van der Waals surface area contributed by atoms with Gasteiger partial charge in [-0.05, 0) is 44.9 Å². The van der Waals surface area contributed by atoms with Gasteiger partial charge in [-0.25, -0.2) is 4.57 Å². The summed E-state index contributed by atoms with van der Waals surface area (Å²) in [6.45, 7) is 4.82. The molecule has 0 aromatic carbocycles. The Balaban J connectivity index is 4.30. The smallest absolute Gasteiger partial charge is 0.387 e. The number of likely N-dealkylation sites (N-methyl/N-ethyl adjacent to an activating group) is 1. The van der Waals surface area contributed by atoms with Gasteiger partial charge in [0.15, 0.2) is 0 Å². The molecule has 0 aromatic heterocycles. The number of allylic oxidation sites excluding steroid dienone is 3. The molecule has 8 nitrogen and oxygen atoms in total. The number of quaternary nitrogens is 1. The van der Waals surface area contributed by atoms with E-state index in [-0.39, 0.29) is 19.1 Å². The Kier molecular flexibility index (Phi) is 41.6. The van der Waals surface area contributed by atoms with E-state index in [1.165, 1.54) is 167 Å². The van der Waals surface area contributed by atoms with Crippen LogP contribution in [0.25, 0.3) is 0 Å². The average Bonchev–Trinajstić information content (AvgIpc) is 3.19. The third-order valence-electron chi connectivity index (χ3n) is 11.4. The number of phosphoric ester groups is 1. The first kappa shape index (κ1) is 58.0. The molecule has 350 valence electrons. The van der Waals surface area contributed by atoms with Crippen molar-refractivity contribution in [3.8, 4) is 0 Å². The van der Waals surface area contributed by atoms with Crippen molar-refractivity contribution >= 4 is 13.7 Å². The number of carbonyl (C=O) groups excluding carboxylic acids is 1. The van der Waals surface area contributed by atoms with Crippen molar-refractivity contribution in [2.45, 2.75) is 251 Å². The van der Waals surface area contributed by atoms with Gasteiger partial charge >= 0.3 is 7.82 Å². The Bertz CT molecular complexity index is 1020. The van der Waals surface area contributed by atoms with Crippen LogP contribution < -0.4 is 5.32 Å². The van der Waals surface area contributed by atoms with Gasteiger partial charge in [0.05, 0.1) is 39.9 Å². The van der Waals surface area contributed by atoms with Crippen LogP contribution in [0.3, 0.4) is 0 Å². The summed E-state index contributed by atoms with van der Waals surface area (Å²) in [5.41, 5.74) is 0. The van der Waals surface area contributed by atoms with E-state index in [9.17, 15) is 19.4 Å². The minimum atomic E-state index is -4.34. The molecule has 9 heteroatoms. The molecule has 1 amide bonds. The van der Waals surface area contributed by atoms with E-state index >= 15 is 0 Å². The molecule has 0 fully saturated rings. The van der Waals surface area contributed by atoms with Crippen LogP contribution in [0.15, 0.2) is 24.3 Å². The highest BCUT2D eigenvalue weighted by atomic mass is 31.2. The van der Waals surface area contributed by atoms with Gasteiger partial charge in [0.1, 0.15) is 13.2 Å². The SMILES string of the molecule is CCCCCCCC/C=C\CCCCCCCC(=O)NC(COP(=O)(O)OCC[N+](C)(C)C)C(O)/C=C/CCCCCCCCCCCCCCCCCCCCCC. The zero-order chi connectivity index (χ0) is 43.6.